The second-order valence-corrected chi connectivity index (χ2v) is 4.10. The number of aromatic nitrogens is 2. The number of nitrogens with zero attached hydrogens (tertiary/aromatic N) is 2. The zero-order valence-electron chi connectivity index (χ0n) is 10.8. The zero-order valence-corrected chi connectivity index (χ0v) is 10.8. The fourth-order valence-electron chi connectivity index (χ4n) is 1.74. The molecule has 1 amide bonds. The summed E-state index contributed by atoms with van der Waals surface area (Å²) in [6.45, 7) is 0. The highest BCUT2D eigenvalue weighted by Gasteiger charge is 2.10. The van der Waals surface area contributed by atoms with Crippen molar-refractivity contribution in [2.75, 3.05) is 14.2 Å². The van der Waals surface area contributed by atoms with Crippen LogP contribution in [0.1, 0.15) is 12.2 Å². The molecule has 19 heavy (non-hydrogen) atoms. The third-order valence-corrected chi connectivity index (χ3v) is 2.86. The smallest absolute Gasteiger partial charge is 0.258 e. The van der Waals surface area contributed by atoms with E-state index in [0.717, 1.165) is 5.06 Å². The number of carbonyl (C=O) groups is 1. The van der Waals surface area contributed by atoms with E-state index in [4.69, 9.17) is 4.84 Å². The van der Waals surface area contributed by atoms with E-state index in [1.54, 1.807) is 25.2 Å². The molecule has 6 heteroatoms. The van der Waals surface area contributed by atoms with Gasteiger partial charge in [-0.1, -0.05) is 12.1 Å². The van der Waals surface area contributed by atoms with Gasteiger partial charge in [-0.25, -0.2) is 10.0 Å². The number of para-hydroxylation sites is 1. The van der Waals surface area contributed by atoms with E-state index in [2.05, 4.69) is 9.97 Å². The summed E-state index contributed by atoms with van der Waals surface area (Å²) in [6.07, 6.45) is 0.595. The average Bonchev–Trinajstić information content (AvgIpc) is 2.44. The van der Waals surface area contributed by atoms with Gasteiger partial charge in [0.2, 0.25) is 5.91 Å². The first kappa shape index (κ1) is 13.2. The Bertz CT molecular complexity index is 651. The number of aromatic amines is 1. The second kappa shape index (κ2) is 5.62. The molecule has 1 heterocycles. The summed E-state index contributed by atoms with van der Waals surface area (Å²) in [5, 5.41) is 1.70. The first-order valence-electron chi connectivity index (χ1n) is 5.90. The largest absolute Gasteiger partial charge is 0.310 e. The Morgan fingerprint density at radius 2 is 2.16 bits per heavy atom. The maximum absolute atomic E-state index is 11.8. The predicted octanol–water partition coefficient (Wildman–Crippen LogP) is 0.875. The molecule has 1 aromatic carbocycles. The minimum atomic E-state index is -0.187. The van der Waals surface area contributed by atoms with E-state index in [0.29, 0.717) is 23.1 Å². The lowest BCUT2D eigenvalue weighted by Crippen LogP contribution is -2.26. The van der Waals surface area contributed by atoms with Crippen LogP contribution >= 0.6 is 0 Å². The van der Waals surface area contributed by atoms with Crippen molar-refractivity contribution in [3.05, 3.63) is 40.4 Å². The predicted molar refractivity (Wildman–Crippen MR) is 70.5 cm³/mol. The lowest BCUT2D eigenvalue weighted by Gasteiger charge is -2.12. The van der Waals surface area contributed by atoms with Gasteiger partial charge in [-0.15, -0.1) is 0 Å². The molecule has 0 spiro atoms. The monoisotopic (exact) mass is 261 g/mol. The molecule has 0 aliphatic heterocycles. The Balaban J connectivity index is 2.18. The second-order valence-electron chi connectivity index (χ2n) is 4.10. The number of carbonyl (C=O) groups excluding carboxylic acids is 1. The van der Waals surface area contributed by atoms with Crippen LogP contribution in [0.3, 0.4) is 0 Å². The van der Waals surface area contributed by atoms with Crippen molar-refractivity contribution in [1.82, 2.24) is 15.0 Å². The van der Waals surface area contributed by atoms with Crippen LogP contribution in [-0.4, -0.2) is 35.1 Å². The van der Waals surface area contributed by atoms with E-state index in [1.165, 1.54) is 7.11 Å². The van der Waals surface area contributed by atoms with Crippen molar-refractivity contribution in [2.45, 2.75) is 12.8 Å². The van der Waals surface area contributed by atoms with Crippen LogP contribution in [0.4, 0.5) is 0 Å². The molecule has 0 atom stereocenters. The Morgan fingerprint density at radius 1 is 1.42 bits per heavy atom. The third kappa shape index (κ3) is 2.97. The van der Waals surface area contributed by atoms with Crippen LogP contribution in [-0.2, 0) is 16.1 Å². The molecule has 0 bridgehead atoms. The molecule has 0 fully saturated rings. The molecule has 1 N–H and O–H groups in total. The Morgan fingerprint density at radius 3 is 2.89 bits per heavy atom. The zero-order chi connectivity index (χ0) is 13.8. The maximum atomic E-state index is 11.8. The molecule has 0 radical (unpaired) electrons. The summed E-state index contributed by atoms with van der Waals surface area (Å²) < 4.78 is 0. The average molecular weight is 261 g/mol. The Kier molecular flexibility index (Phi) is 3.91. The van der Waals surface area contributed by atoms with Gasteiger partial charge >= 0.3 is 0 Å². The summed E-state index contributed by atoms with van der Waals surface area (Å²) in [4.78, 5) is 35.2. The van der Waals surface area contributed by atoms with Crippen LogP contribution in [0, 0.1) is 0 Å². The quantitative estimate of drug-likeness (QED) is 0.829. The van der Waals surface area contributed by atoms with Crippen molar-refractivity contribution in [1.29, 1.82) is 0 Å². The van der Waals surface area contributed by atoms with Crippen LogP contribution in [0.2, 0.25) is 0 Å². The van der Waals surface area contributed by atoms with Gasteiger partial charge in [-0.3, -0.25) is 14.4 Å². The molecule has 100 valence electrons. The van der Waals surface area contributed by atoms with Crippen molar-refractivity contribution in [3.63, 3.8) is 0 Å². The molecule has 2 aromatic rings. The first-order chi connectivity index (χ1) is 9.11. The lowest BCUT2D eigenvalue weighted by molar-refractivity contribution is -0.168. The normalized spacial score (nSPS) is 10.6. The molecule has 1 aromatic heterocycles. The van der Waals surface area contributed by atoms with Gasteiger partial charge in [-0.05, 0) is 12.1 Å². The fraction of sp³-hybridized carbons (Fsp3) is 0.308. The number of H-pyrrole nitrogens is 1. The highest BCUT2D eigenvalue weighted by atomic mass is 16.7. The summed E-state index contributed by atoms with van der Waals surface area (Å²) >= 11 is 0. The molecule has 0 aliphatic carbocycles. The first-order valence-corrected chi connectivity index (χ1v) is 5.90. The van der Waals surface area contributed by atoms with E-state index in [1.807, 2.05) is 6.07 Å². The lowest BCUT2D eigenvalue weighted by atomic mass is 10.2. The fourth-order valence-corrected chi connectivity index (χ4v) is 1.74. The SMILES string of the molecule is CON(C)C(=O)CCc1nc2ccccc2c(=O)[nH]1. The summed E-state index contributed by atoms with van der Waals surface area (Å²) in [5.41, 5.74) is 0.446. The van der Waals surface area contributed by atoms with Gasteiger partial charge < -0.3 is 4.98 Å². The number of aryl methyl sites for hydroxylation is 1. The minimum Gasteiger partial charge on any atom is -0.310 e. The van der Waals surface area contributed by atoms with Crippen molar-refractivity contribution >= 4 is 16.8 Å². The van der Waals surface area contributed by atoms with E-state index >= 15 is 0 Å². The molecule has 0 saturated heterocycles. The maximum Gasteiger partial charge on any atom is 0.258 e. The highest BCUT2D eigenvalue weighted by Crippen LogP contribution is 2.07. The summed E-state index contributed by atoms with van der Waals surface area (Å²) in [6, 6.07) is 7.10. The molecule has 0 unspecified atom stereocenters. The number of amides is 1. The number of benzene rings is 1. The van der Waals surface area contributed by atoms with Gasteiger partial charge in [0.1, 0.15) is 5.82 Å². The molecule has 2 rings (SSSR count). The van der Waals surface area contributed by atoms with Crippen molar-refractivity contribution in [2.24, 2.45) is 0 Å². The topological polar surface area (TPSA) is 75.3 Å². The number of fused-ring (bicyclic) bond motifs is 1. The number of nitrogens with one attached hydrogen (secondary N) is 1. The van der Waals surface area contributed by atoms with E-state index in [-0.39, 0.29) is 17.9 Å². The Labute approximate surface area is 110 Å². The number of hydrogen-bond acceptors (Lipinski definition) is 4. The van der Waals surface area contributed by atoms with Crippen LogP contribution in [0.5, 0.6) is 0 Å². The van der Waals surface area contributed by atoms with Crippen LogP contribution < -0.4 is 5.56 Å². The number of rotatable bonds is 4. The van der Waals surface area contributed by atoms with Crippen molar-refractivity contribution in [3.8, 4) is 0 Å². The molecular weight excluding hydrogens is 246 g/mol. The van der Waals surface area contributed by atoms with Gasteiger partial charge in [0.25, 0.3) is 5.56 Å². The molecule has 0 saturated carbocycles. The minimum absolute atomic E-state index is 0.168. The molecular formula is C13H15N3O3. The number of hydrogen-bond donors (Lipinski definition) is 1. The van der Waals surface area contributed by atoms with Crippen LogP contribution in [0.15, 0.2) is 29.1 Å². The number of hydroxylamine groups is 2. The van der Waals surface area contributed by atoms with Crippen LogP contribution in [0.25, 0.3) is 10.9 Å². The van der Waals surface area contributed by atoms with Gasteiger partial charge in [0.05, 0.1) is 18.0 Å². The summed E-state index contributed by atoms with van der Waals surface area (Å²) in [5.74, 6) is 0.333. The van der Waals surface area contributed by atoms with E-state index in [9.17, 15) is 9.59 Å². The van der Waals surface area contributed by atoms with Crippen molar-refractivity contribution < 1.29 is 9.63 Å². The highest BCUT2D eigenvalue weighted by molar-refractivity contribution is 5.77. The molecule has 0 aliphatic rings. The standard InChI is InChI=1S/C13H15N3O3/c1-16(19-2)12(17)8-7-11-14-10-6-4-3-5-9(10)13(18)15-11/h3-6H,7-8H2,1-2H3,(H,14,15,18). The van der Waals surface area contributed by atoms with Gasteiger partial charge in [0, 0.05) is 19.9 Å². The summed E-state index contributed by atoms with van der Waals surface area (Å²) in [7, 11) is 2.97. The Hall–Kier alpha value is -2.21. The van der Waals surface area contributed by atoms with Gasteiger partial charge in [0.15, 0.2) is 0 Å². The third-order valence-electron chi connectivity index (χ3n) is 2.86. The van der Waals surface area contributed by atoms with Gasteiger partial charge in [-0.2, -0.15) is 0 Å². The van der Waals surface area contributed by atoms with E-state index < -0.39 is 0 Å². The molecule has 6 nitrogen and oxygen atoms in total.